The molecule has 0 bridgehead atoms. The molecular weight excluding hydrogens is 274 g/mol. The van der Waals surface area contributed by atoms with Gasteiger partial charge in [-0.2, -0.15) is 11.8 Å². The normalized spacial score (nSPS) is 18.1. The lowest BCUT2D eigenvalue weighted by Crippen LogP contribution is -2.39. The Balaban J connectivity index is 1.90. The standard InChI is InChI=1S/C15H23NO3S/c1-11-12(8-13(19-11)14(17)18)9-16-10-15(20-2)6-4-3-5-7-15/h8,16H,3-7,9-10H2,1-2H3,(H,17,18). The van der Waals surface area contributed by atoms with E-state index in [0.29, 0.717) is 17.1 Å². The number of carboxylic acid groups (broad SMARTS) is 1. The Bertz CT molecular complexity index is 464. The molecule has 0 spiro atoms. The van der Waals surface area contributed by atoms with Crippen LogP contribution in [0.4, 0.5) is 0 Å². The van der Waals surface area contributed by atoms with Crippen LogP contribution in [0, 0.1) is 6.92 Å². The van der Waals surface area contributed by atoms with E-state index in [0.717, 1.165) is 12.1 Å². The van der Waals surface area contributed by atoms with Crippen molar-refractivity contribution in [1.29, 1.82) is 0 Å². The Hall–Kier alpha value is -0.940. The van der Waals surface area contributed by atoms with Crippen LogP contribution < -0.4 is 5.32 Å². The van der Waals surface area contributed by atoms with Crippen LogP contribution in [0.15, 0.2) is 10.5 Å². The first kappa shape index (κ1) is 15.4. The summed E-state index contributed by atoms with van der Waals surface area (Å²) in [7, 11) is 0. The summed E-state index contributed by atoms with van der Waals surface area (Å²) in [5.74, 6) is -0.291. The van der Waals surface area contributed by atoms with Crippen molar-refractivity contribution in [1.82, 2.24) is 5.32 Å². The lowest BCUT2D eigenvalue weighted by atomic mass is 9.88. The Morgan fingerprint density at radius 2 is 2.15 bits per heavy atom. The Morgan fingerprint density at radius 1 is 1.45 bits per heavy atom. The molecular formula is C15H23NO3S. The van der Waals surface area contributed by atoms with Gasteiger partial charge in [0.25, 0.3) is 0 Å². The van der Waals surface area contributed by atoms with Crippen molar-refractivity contribution in [3.8, 4) is 0 Å². The highest BCUT2D eigenvalue weighted by molar-refractivity contribution is 8.00. The smallest absolute Gasteiger partial charge is 0.371 e. The number of aromatic carboxylic acids is 1. The lowest BCUT2D eigenvalue weighted by Gasteiger charge is -2.36. The molecule has 5 heteroatoms. The highest BCUT2D eigenvalue weighted by atomic mass is 32.2. The van der Waals surface area contributed by atoms with Crippen molar-refractivity contribution in [2.75, 3.05) is 12.8 Å². The summed E-state index contributed by atoms with van der Waals surface area (Å²) in [4.78, 5) is 10.9. The second kappa shape index (κ2) is 6.68. The topological polar surface area (TPSA) is 62.5 Å². The van der Waals surface area contributed by atoms with Crippen molar-refractivity contribution < 1.29 is 14.3 Å². The van der Waals surface area contributed by atoms with Crippen molar-refractivity contribution in [2.45, 2.75) is 50.3 Å². The fraction of sp³-hybridized carbons (Fsp3) is 0.667. The summed E-state index contributed by atoms with van der Waals surface area (Å²) < 4.78 is 5.58. The van der Waals surface area contributed by atoms with E-state index in [-0.39, 0.29) is 5.76 Å². The maximum absolute atomic E-state index is 10.9. The van der Waals surface area contributed by atoms with E-state index < -0.39 is 5.97 Å². The van der Waals surface area contributed by atoms with Gasteiger partial charge in [-0.3, -0.25) is 0 Å². The minimum absolute atomic E-state index is 0.0246. The summed E-state index contributed by atoms with van der Waals surface area (Å²) in [5, 5.41) is 12.4. The predicted octanol–water partition coefficient (Wildman–Crippen LogP) is 3.44. The zero-order valence-electron chi connectivity index (χ0n) is 12.2. The summed E-state index contributed by atoms with van der Waals surface area (Å²) in [6.07, 6.45) is 8.72. The summed E-state index contributed by atoms with van der Waals surface area (Å²) in [5.41, 5.74) is 0.939. The average molecular weight is 297 g/mol. The molecule has 0 unspecified atom stereocenters. The Morgan fingerprint density at radius 3 is 2.70 bits per heavy atom. The van der Waals surface area contributed by atoms with Crippen LogP contribution in [-0.4, -0.2) is 28.6 Å². The highest BCUT2D eigenvalue weighted by Crippen LogP contribution is 2.38. The SMILES string of the molecule is CSC1(CNCc2cc(C(=O)O)oc2C)CCCCC1. The second-order valence-electron chi connectivity index (χ2n) is 5.55. The van der Waals surface area contributed by atoms with Crippen LogP contribution in [0.5, 0.6) is 0 Å². The van der Waals surface area contributed by atoms with Gasteiger partial charge in [0.05, 0.1) is 0 Å². The van der Waals surface area contributed by atoms with Gasteiger partial charge in [-0.15, -0.1) is 0 Å². The average Bonchev–Trinajstić information content (AvgIpc) is 2.82. The van der Waals surface area contributed by atoms with E-state index in [1.807, 2.05) is 18.7 Å². The molecule has 1 aliphatic rings. The maximum atomic E-state index is 10.9. The number of furan rings is 1. The molecule has 0 radical (unpaired) electrons. The molecule has 0 saturated heterocycles. The predicted molar refractivity (Wildman–Crippen MR) is 81.4 cm³/mol. The van der Waals surface area contributed by atoms with Gasteiger partial charge in [0.2, 0.25) is 5.76 Å². The second-order valence-corrected chi connectivity index (χ2v) is 6.82. The first-order valence-corrected chi connectivity index (χ1v) is 8.37. The summed E-state index contributed by atoms with van der Waals surface area (Å²) in [6, 6.07) is 1.62. The van der Waals surface area contributed by atoms with Gasteiger partial charge in [-0.05, 0) is 32.1 Å². The van der Waals surface area contributed by atoms with E-state index in [4.69, 9.17) is 9.52 Å². The van der Waals surface area contributed by atoms with E-state index in [9.17, 15) is 4.79 Å². The summed E-state index contributed by atoms with van der Waals surface area (Å²) >= 11 is 1.96. The van der Waals surface area contributed by atoms with E-state index in [1.54, 1.807) is 6.07 Å². The highest BCUT2D eigenvalue weighted by Gasteiger charge is 2.30. The molecule has 0 aliphatic heterocycles. The zero-order chi connectivity index (χ0) is 14.6. The number of hydrogen-bond donors (Lipinski definition) is 2. The number of aryl methyl sites for hydroxylation is 1. The van der Waals surface area contributed by atoms with Crippen molar-refractivity contribution in [3.05, 3.63) is 23.2 Å². The van der Waals surface area contributed by atoms with Gasteiger partial charge >= 0.3 is 5.97 Å². The molecule has 2 N–H and O–H groups in total. The largest absolute Gasteiger partial charge is 0.475 e. The molecule has 1 heterocycles. The molecule has 0 amide bonds. The van der Waals surface area contributed by atoms with Crippen molar-refractivity contribution in [2.24, 2.45) is 0 Å². The van der Waals surface area contributed by atoms with Gasteiger partial charge in [-0.1, -0.05) is 19.3 Å². The van der Waals surface area contributed by atoms with Gasteiger partial charge in [-0.25, -0.2) is 4.79 Å². The molecule has 4 nitrogen and oxygen atoms in total. The lowest BCUT2D eigenvalue weighted by molar-refractivity contribution is 0.0661. The van der Waals surface area contributed by atoms with Gasteiger partial charge in [0, 0.05) is 23.4 Å². The molecule has 0 aromatic carbocycles. The summed E-state index contributed by atoms with van der Waals surface area (Å²) in [6.45, 7) is 3.46. The fourth-order valence-electron chi connectivity index (χ4n) is 2.87. The van der Waals surface area contributed by atoms with Gasteiger partial charge in [0.1, 0.15) is 5.76 Å². The number of nitrogens with one attached hydrogen (secondary N) is 1. The molecule has 1 fully saturated rings. The van der Waals surface area contributed by atoms with E-state index in [1.165, 1.54) is 32.1 Å². The molecule has 2 rings (SSSR count). The molecule has 1 aromatic rings. The number of thioether (sulfide) groups is 1. The van der Waals surface area contributed by atoms with Gasteiger partial charge in [0.15, 0.2) is 0 Å². The third-order valence-electron chi connectivity index (χ3n) is 4.19. The number of carboxylic acids is 1. The first-order chi connectivity index (χ1) is 9.56. The minimum atomic E-state index is -1.01. The third kappa shape index (κ3) is 3.58. The van der Waals surface area contributed by atoms with Crippen LogP contribution in [0.25, 0.3) is 0 Å². The van der Waals surface area contributed by atoms with Crippen LogP contribution in [0.3, 0.4) is 0 Å². The van der Waals surface area contributed by atoms with Crippen LogP contribution in [0.1, 0.15) is 54.0 Å². The van der Waals surface area contributed by atoms with Crippen molar-refractivity contribution >= 4 is 17.7 Å². The number of rotatable bonds is 6. The van der Waals surface area contributed by atoms with Gasteiger partial charge < -0.3 is 14.8 Å². The Labute approximate surface area is 124 Å². The number of hydrogen-bond acceptors (Lipinski definition) is 4. The monoisotopic (exact) mass is 297 g/mol. The van der Waals surface area contributed by atoms with Crippen LogP contribution >= 0.6 is 11.8 Å². The quantitative estimate of drug-likeness (QED) is 0.842. The fourth-order valence-corrected chi connectivity index (χ4v) is 3.82. The van der Waals surface area contributed by atoms with E-state index in [2.05, 4.69) is 11.6 Å². The molecule has 20 heavy (non-hydrogen) atoms. The zero-order valence-corrected chi connectivity index (χ0v) is 13.0. The third-order valence-corrected chi connectivity index (χ3v) is 5.61. The van der Waals surface area contributed by atoms with Crippen molar-refractivity contribution in [3.63, 3.8) is 0 Å². The molecule has 1 saturated carbocycles. The Kier molecular flexibility index (Phi) is 5.16. The molecule has 1 aromatic heterocycles. The molecule has 0 atom stereocenters. The van der Waals surface area contributed by atoms with Crippen LogP contribution in [0.2, 0.25) is 0 Å². The first-order valence-electron chi connectivity index (χ1n) is 7.15. The molecule has 1 aliphatic carbocycles. The minimum Gasteiger partial charge on any atom is -0.475 e. The maximum Gasteiger partial charge on any atom is 0.371 e. The van der Waals surface area contributed by atoms with E-state index >= 15 is 0 Å². The van der Waals surface area contributed by atoms with Crippen LogP contribution in [-0.2, 0) is 6.54 Å². The molecule has 112 valence electrons. The number of carbonyl (C=O) groups is 1.